The Morgan fingerprint density at radius 2 is 1.83 bits per heavy atom. The summed E-state index contributed by atoms with van der Waals surface area (Å²) in [6, 6.07) is 1.64. The lowest BCUT2D eigenvalue weighted by atomic mass is 9.97. The van der Waals surface area contributed by atoms with E-state index in [-0.39, 0.29) is 0 Å². The molecule has 0 aromatic rings. The van der Waals surface area contributed by atoms with E-state index < -0.39 is 0 Å². The van der Waals surface area contributed by atoms with Gasteiger partial charge in [0.05, 0.1) is 0 Å². The molecule has 0 amide bonds. The Morgan fingerprint density at radius 3 is 2.17 bits per heavy atom. The first-order valence-electron chi connectivity index (χ1n) is 5.05. The van der Waals surface area contributed by atoms with Crippen LogP contribution in [0.3, 0.4) is 0 Å². The van der Waals surface area contributed by atoms with Crippen molar-refractivity contribution in [3.8, 4) is 0 Å². The van der Waals surface area contributed by atoms with Crippen molar-refractivity contribution in [2.75, 3.05) is 6.54 Å². The molecule has 0 radical (unpaired) electrons. The minimum absolute atomic E-state index is 0.396. The van der Waals surface area contributed by atoms with E-state index in [0.717, 1.165) is 0 Å². The number of likely N-dealkylation sites (tertiary alicyclic amines) is 1. The van der Waals surface area contributed by atoms with E-state index in [2.05, 4.69) is 32.6 Å². The highest BCUT2D eigenvalue weighted by Crippen LogP contribution is 2.24. The van der Waals surface area contributed by atoms with Crippen molar-refractivity contribution in [2.45, 2.75) is 52.2 Å². The van der Waals surface area contributed by atoms with E-state index in [4.69, 9.17) is 5.73 Å². The molecule has 1 fully saturated rings. The number of rotatable bonds is 2. The number of hydrogen-bond acceptors (Lipinski definition) is 2. The van der Waals surface area contributed by atoms with Crippen LogP contribution in [-0.4, -0.2) is 29.6 Å². The number of nitrogens with zero attached hydrogens (tertiary/aromatic N) is 1. The van der Waals surface area contributed by atoms with Crippen LogP contribution in [0, 0.1) is 5.92 Å². The maximum atomic E-state index is 6.07. The zero-order valence-corrected chi connectivity index (χ0v) is 8.75. The molecule has 2 heteroatoms. The lowest BCUT2D eigenvalue weighted by Gasteiger charge is -2.32. The fraction of sp³-hybridized carbons (Fsp3) is 1.00. The molecule has 0 aromatic heterocycles. The lowest BCUT2D eigenvalue weighted by Crippen LogP contribution is -2.45. The molecular formula is C10H22N2. The molecule has 1 rings (SSSR count). The Morgan fingerprint density at radius 1 is 1.25 bits per heavy atom. The second kappa shape index (κ2) is 3.75. The van der Waals surface area contributed by atoms with Crippen LogP contribution in [0.5, 0.6) is 0 Å². The van der Waals surface area contributed by atoms with Gasteiger partial charge in [-0.05, 0) is 26.2 Å². The summed E-state index contributed by atoms with van der Waals surface area (Å²) in [5.74, 6) is 0.685. The summed E-state index contributed by atoms with van der Waals surface area (Å²) >= 11 is 0. The first kappa shape index (κ1) is 10.0. The van der Waals surface area contributed by atoms with Crippen LogP contribution in [-0.2, 0) is 0 Å². The Bertz CT molecular complexity index is 143. The van der Waals surface area contributed by atoms with Crippen LogP contribution in [0.15, 0.2) is 0 Å². The molecule has 12 heavy (non-hydrogen) atoms. The molecule has 2 unspecified atom stereocenters. The Kier molecular flexibility index (Phi) is 3.13. The van der Waals surface area contributed by atoms with Gasteiger partial charge in [-0.1, -0.05) is 13.8 Å². The summed E-state index contributed by atoms with van der Waals surface area (Å²) < 4.78 is 0. The molecule has 0 aliphatic carbocycles. The summed E-state index contributed by atoms with van der Waals surface area (Å²) in [7, 11) is 0. The maximum Gasteiger partial charge on any atom is 0.0273 e. The number of hydrogen-bond donors (Lipinski definition) is 1. The zero-order chi connectivity index (χ0) is 9.30. The van der Waals surface area contributed by atoms with E-state index in [1.54, 1.807) is 0 Å². The first-order valence-corrected chi connectivity index (χ1v) is 5.05. The van der Waals surface area contributed by atoms with Crippen LogP contribution in [0.1, 0.15) is 34.1 Å². The predicted molar refractivity (Wildman–Crippen MR) is 53.1 cm³/mol. The predicted octanol–water partition coefficient (Wildman–Crippen LogP) is 1.45. The minimum atomic E-state index is 0.396. The largest absolute Gasteiger partial charge is 0.326 e. The Balaban J connectivity index is 2.64. The average Bonchev–Trinajstić information content (AvgIpc) is 2.30. The van der Waals surface area contributed by atoms with E-state index in [9.17, 15) is 0 Å². The third kappa shape index (κ3) is 1.80. The molecule has 1 heterocycles. The Hall–Kier alpha value is -0.0800. The standard InChI is InChI=1S/C10H22N2/c1-7(2)10-9(11)5-6-12(10)8(3)4/h7-10H,5-6,11H2,1-4H3. The van der Waals surface area contributed by atoms with Gasteiger partial charge in [0.15, 0.2) is 0 Å². The smallest absolute Gasteiger partial charge is 0.0273 e. The highest BCUT2D eigenvalue weighted by atomic mass is 15.2. The van der Waals surface area contributed by atoms with Crippen LogP contribution in [0.2, 0.25) is 0 Å². The summed E-state index contributed by atoms with van der Waals surface area (Å²) in [6.45, 7) is 10.2. The third-order valence-electron chi connectivity index (χ3n) is 2.89. The normalized spacial score (nSPS) is 32.2. The molecular weight excluding hydrogens is 148 g/mol. The molecule has 1 saturated heterocycles. The van der Waals surface area contributed by atoms with Crippen LogP contribution < -0.4 is 5.73 Å². The van der Waals surface area contributed by atoms with E-state index in [0.29, 0.717) is 24.0 Å². The molecule has 72 valence electrons. The SMILES string of the molecule is CC(C)C1C(N)CCN1C(C)C. The molecule has 0 bridgehead atoms. The van der Waals surface area contributed by atoms with E-state index in [1.807, 2.05) is 0 Å². The average molecular weight is 170 g/mol. The van der Waals surface area contributed by atoms with Gasteiger partial charge in [-0.2, -0.15) is 0 Å². The minimum Gasteiger partial charge on any atom is -0.326 e. The molecule has 2 atom stereocenters. The zero-order valence-electron chi connectivity index (χ0n) is 8.75. The van der Waals surface area contributed by atoms with Crippen molar-refractivity contribution in [3.63, 3.8) is 0 Å². The van der Waals surface area contributed by atoms with Gasteiger partial charge in [0, 0.05) is 24.7 Å². The fourth-order valence-corrected chi connectivity index (χ4v) is 2.34. The van der Waals surface area contributed by atoms with Crippen molar-refractivity contribution >= 4 is 0 Å². The molecule has 0 spiro atoms. The second-order valence-corrected chi connectivity index (χ2v) is 4.52. The van der Waals surface area contributed by atoms with E-state index in [1.165, 1.54) is 13.0 Å². The molecule has 2 N–H and O–H groups in total. The molecule has 1 aliphatic rings. The Labute approximate surface area is 76.1 Å². The topological polar surface area (TPSA) is 29.3 Å². The second-order valence-electron chi connectivity index (χ2n) is 4.52. The first-order chi connectivity index (χ1) is 5.54. The summed E-state index contributed by atoms with van der Waals surface area (Å²) in [4.78, 5) is 2.54. The third-order valence-corrected chi connectivity index (χ3v) is 2.89. The van der Waals surface area contributed by atoms with Gasteiger partial charge in [-0.15, -0.1) is 0 Å². The van der Waals surface area contributed by atoms with Gasteiger partial charge in [-0.3, -0.25) is 4.90 Å². The van der Waals surface area contributed by atoms with Gasteiger partial charge in [0.1, 0.15) is 0 Å². The quantitative estimate of drug-likeness (QED) is 0.679. The van der Waals surface area contributed by atoms with Gasteiger partial charge in [-0.25, -0.2) is 0 Å². The maximum absolute atomic E-state index is 6.07. The van der Waals surface area contributed by atoms with Gasteiger partial charge in [0.2, 0.25) is 0 Å². The molecule has 0 saturated carbocycles. The van der Waals surface area contributed by atoms with Gasteiger partial charge >= 0.3 is 0 Å². The van der Waals surface area contributed by atoms with Crippen molar-refractivity contribution in [1.29, 1.82) is 0 Å². The van der Waals surface area contributed by atoms with Crippen LogP contribution in [0.4, 0.5) is 0 Å². The highest BCUT2D eigenvalue weighted by Gasteiger charge is 2.34. The van der Waals surface area contributed by atoms with Gasteiger partial charge < -0.3 is 5.73 Å². The lowest BCUT2D eigenvalue weighted by molar-refractivity contribution is 0.157. The van der Waals surface area contributed by atoms with E-state index >= 15 is 0 Å². The highest BCUT2D eigenvalue weighted by molar-refractivity contribution is 4.92. The summed E-state index contributed by atoms with van der Waals surface area (Å²) in [5.41, 5.74) is 6.07. The van der Waals surface area contributed by atoms with Crippen molar-refractivity contribution in [1.82, 2.24) is 4.90 Å². The fourth-order valence-electron chi connectivity index (χ4n) is 2.34. The molecule has 2 nitrogen and oxygen atoms in total. The summed E-state index contributed by atoms with van der Waals surface area (Å²) in [5, 5.41) is 0. The monoisotopic (exact) mass is 170 g/mol. The molecule has 0 aromatic carbocycles. The summed E-state index contributed by atoms with van der Waals surface area (Å²) in [6.07, 6.45) is 1.17. The van der Waals surface area contributed by atoms with Crippen LogP contribution >= 0.6 is 0 Å². The van der Waals surface area contributed by atoms with Crippen LogP contribution in [0.25, 0.3) is 0 Å². The van der Waals surface area contributed by atoms with Crippen molar-refractivity contribution < 1.29 is 0 Å². The van der Waals surface area contributed by atoms with Crippen molar-refractivity contribution in [3.05, 3.63) is 0 Å². The number of nitrogens with two attached hydrogens (primary N) is 1. The molecule has 1 aliphatic heterocycles. The van der Waals surface area contributed by atoms with Crippen molar-refractivity contribution in [2.24, 2.45) is 11.7 Å². The van der Waals surface area contributed by atoms with Gasteiger partial charge in [0.25, 0.3) is 0 Å².